The average molecular weight is 468 g/mol. The van der Waals surface area contributed by atoms with E-state index in [1.807, 2.05) is 43.3 Å². The fourth-order valence-corrected chi connectivity index (χ4v) is 4.42. The Kier molecular flexibility index (Phi) is 6.70. The fraction of sp³-hybridized carbons (Fsp3) is 0.320. The van der Waals surface area contributed by atoms with Crippen LogP contribution in [0.15, 0.2) is 54.2 Å². The highest BCUT2D eigenvalue weighted by atomic mass is 35.5. The van der Waals surface area contributed by atoms with Gasteiger partial charge in [-0.2, -0.15) is 0 Å². The third kappa shape index (κ3) is 4.59. The number of hydrogen-bond acceptors (Lipinski definition) is 5. The van der Waals surface area contributed by atoms with E-state index in [0.717, 1.165) is 5.56 Å². The van der Waals surface area contributed by atoms with Gasteiger partial charge in [0.05, 0.1) is 12.2 Å². The molecule has 2 heterocycles. The van der Waals surface area contributed by atoms with Gasteiger partial charge in [0.1, 0.15) is 5.70 Å². The number of rotatable bonds is 5. The molecular weight excluding hydrogens is 442 g/mol. The molecule has 7 nitrogen and oxygen atoms in total. The smallest absolute Gasteiger partial charge is 0.409 e. The molecule has 2 aliphatic heterocycles. The van der Waals surface area contributed by atoms with Crippen LogP contribution in [0, 0.1) is 6.92 Å². The number of imide groups is 1. The lowest BCUT2D eigenvalue weighted by molar-refractivity contribution is -0.140. The van der Waals surface area contributed by atoms with Crippen LogP contribution in [0.3, 0.4) is 0 Å². The molecule has 1 fully saturated rings. The van der Waals surface area contributed by atoms with Crippen molar-refractivity contribution in [3.63, 3.8) is 0 Å². The Morgan fingerprint density at radius 3 is 2.45 bits per heavy atom. The number of piperidine rings is 1. The summed E-state index contributed by atoms with van der Waals surface area (Å²) in [4.78, 5) is 42.1. The molecule has 2 aliphatic rings. The second-order valence-corrected chi connectivity index (χ2v) is 8.53. The Morgan fingerprint density at radius 1 is 1.09 bits per heavy atom. The highest BCUT2D eigenvalue weighted by Gasteiger charge is 2.44. The van der Waals surface area contributed by atoms with Crippen LogP contribution in [0.2, 0.25) is 5.02 Å². The van der Waals surface area contributed by atoms with Crippen LogP contribution < -0.4 is 5.32 Å². The van der Waals surface area contributed by atoms with Crippen molar-refractivity contribution in [3.8, 4) is 0 Å². The van der Waals surface area contributed by atoms with Gasteiger partial charge in [0.25, 0.3) is 11.8 Å². The van der Waals surface area contributed by atoms with Crippen molar-refractivity contribution in [1.82, 2.24) is 9.80 Å². The summed E-state index contributed by atoms with van der Waals surface area (Å²) in [5, 5.41) is 3.72. The Hall–Kier alpha value is -3.32. The minimum Gasteiger partial charge on any atom is -0.450 e. The molecule has 0 spiro atoms. The van der Waals surface area contributed by atoms with E-state index in [4.69, 9.17) is 16.3 Å². The number of amides is 3. The maximum Gasteiger partial charge on any atom is 0.409 e. The standard InChI is InChI=1S/C25H26ClN3O4/c1-3-33-25(32)28-13-11-19(12-14-28)29-23(30)21(17-7-5-4-6-8-17)22(24(29)31)27-20-15-18(26)10-9-16(20)2/h4-10,15,19,27H,3,11-14H2,1-2H3. The average Bonchev–Trinajstić information content (AvgIpc) is 3.06. The lowest BCUT2D eigenvalue weighted by Gasteiger charge is -2.35. The van der Waals surface area contributed by atoms with Gasteiger partial charge in [0.2, 0.25) is 0 Å². The molecule has 8 heteroatoms. The molecule has 0 aliphatic carbocycles. The number of aryl methyl sites for hydroxylation is 1. The number of nitrogens with zero attached hydrogens (tertiary/aromatic N) is 2. The van der Waals surface area contributed by atoms with Crippen molar-refractivity contribution in [2.45, 2.75) is 32.7 Å². The van der Waals surface area contributed by atoms with Crippen molar-refractivity contribution in [2.75, 3.05) is 25.0 Å². The van der Waals surface area contributed by atoms with Crippen LogP contribution in [0.25, 0.3) is 5.57 Å². The Morgan fingerprint density at radius 2 is 1.79 bits per heavy atom. The number of likely N-dealkylation sites (tertiary alicyclic amines) is 1. The summed E-state index contributed by atoms with van der Waals surface area (Å²) in [5.41, 5.74) is 2.83. The molecule has 0 saturated carbocycles. The van der Waals surface area contributed by atoms with Crippen LogP contribution in [-0.2, 0) is 14.3 Å². The zero-order chi connectivity index (χ0) is 23.5. The number of ether oxygens (including phenoxy) is 1. The molecule has 0 unspecified atom stereocenters. The summed E-state index contributed by atoms with van der Waals surface area (Å²) in [6.07, 6.45) is 0.640. The van der Waals surface area contributed by atoms with Crippen LogP contribution in [0.4, 0.5) is 10.5 Å². The first kappa shape index (κ1) is 22.9. The third-order valence-electron chi connectivity index (χ3n) is 5.99. The minimum absolute atomic E-state index is 0.240. The summed E-state index contributed by atoms with van der Waals surface area (Å²) in [7, 11) is 0. The molecule has 0 aromatic heterocycles. The second kappa shape index (κ2) is 9.67. The van der Waals surface area contributed by atoms with Crippen molar-refractivity contribution >= 4 is 40.8 Å². The van der Waals surface area contributed by atoms with Crippen molar-refractivity contribution in [3.05, 3.63) is 70.4 Å². The number of halogens is 1. The summed E-state index contributed by atoms with van der Waals surface area (Å²) in [5.74, 6) is -0.698. The largest absolute Gasteiger partial charge is 0.450 e. The van der Waals surface area contributed by atoms with Crippen LogP contribution >= 0.6 is 11.6 Å². The first-order valence-corrected chi connectivity index (χ1v) is 11.4. The highest BCUT2D eigenvalue weighted by Crippen LogP contribution is 2.35. The molecule has 33 heavy (non-hydrogen) atoms. The van der Waals surface area contributed by atoms with Gasteiger partial charge in [0.15, 0.2) is 0 Å². The summed E-state index contributed by atoms with van der Waals surface area (Å²) < 4.78 is 5.07. The van der Waals surface area contributed by atoms with Gasteiger partial charge < -0.3 is 15.0 Å². The van der Waals surface area contributed by atoms with E-state index in [-0.39, 0.29) is 29.6 Å². The molecule has 3 amide bonds. The van der Waals surface area contributed by atoms with E-state index in [1.54, 1.807) is 24.0 Å². The van der Waals surface area contributed by atoms with Gasteiger partial charge in [-0.3, -0.25) is 14.5 Å². The first-order valence-electron chi connectivity index (χ1n) is 11.0. The fourth-order valence-electron chi connectivity index (χ4n) is 4.25. The predicted molar refractivity (Wildman–Crippen MR) is 127 cm³/mol. The van der Waals surface area contributed by atoms with E-state index in [1.165, 1.54) is 4.90 Å². The summed E-state index contributed by atoms with van der Waals surface area (Å²) in [6.45, 7) is 4.84. The first-order chi connectivity index (χ1) is 15.9. The number of carbonyl (C=O) groups is 3. The zero-order valence-electron chi connectivity index (χ0n) is 18.6. The number of anilines is 1. The molecule has 1 saturated heterocycles. The van der Waals surface area contributed by atoms with Crippen LogP contribution in [0.1, 0.15) is 30.9 Å². The molecule has 0 atom stereocenters. The summed E-state index contributed by atoms with van der Waals surface area (Å²) >= 11 is 6.17. The number of hydrogen-bond donors (Lipinski definition) is 1. The normalized spacial score (nSPS) is 17.1. The molecule has 0 radical (unpaired) electrons. The number of nitrogens with one attached hydrogen (secondary N) is 1. The van der Waals surface area contributed by atoms with E-state index < -0.39 is 0 Å². The van der Waals surface area contributed by atoms with Crippen molar-refractivity contribution in [1.29, 1.82) is 0 Å². The molecule has 1 N–H and O–H groups in total. The van der Waals surface area contributed by atoms with Gasteiger partial charge in [-0.25, -0.2) is 4.79 Å². The Balaban J connectivity index is 1.63. The molecule has 2 aromatic carbocycles. The minimum atomic E-state index is -0.368. The van der Waals surface area contributed by atoms with Crippen LogP contribution in [0.5, 0.6) is 0 Å². The van der Waals surface area contributed by atoms with Gasteiger partial charge in [-0.05, 0) is 49.9 Å². The van der Waals surface area contributed by atoms with Gasteiger partial charge in [-0.15, -0.1) is 0 Å². The monoisotopic (exact) mass is 467 g/mol. The lowest BCUT2D eigenvalue weighted by atomic mass is 10.0. The molecule has 172 valence electrons. The predicted octanol–water partition coefficient (Wildman–Crippen LogP) is 4.46. The topological polar surface area (TPSA) is 79.0 Å². The van der Waals surface area contributed by atoms with Gasteiger partial charge in [-0.1, -0.05) is 48.0 Å². The Bertz CT molecular complexity index is 1110. The third-order valence-corrected chi connectivity index (χ3v) is 6.23. The van der Waals surface area contributed by atoms with Crippen molar-refractivity contribution < 1.29 is 19.1 Å². The van der Waals surface area contributed by atoms with E-state index in [2.05, 4.69) is 5.32 Å². The van der Waals surface area contributed by atoms with Crippen LogP contribution in [-0.4, -0.2) is 53.4 Å². The molecule has 4 rings (SSSR count). The highest BCUT2D eigenvalue weighted by molar-refractivity contribution is 6.37. The maximum absolute atomic E-state index is 13.6. The second-order valence-electron chi connectivity index (χ2n) is 8.10. The molecular formula is C25H26ClN3O4. The summed E-state index contributed by atoms with van der Waals surface area (Å²) in [6, 6.07) is 14.3. The Labute approximate surface area is 198 Å². The quantitative estimate of drug-likeness (QED) is 0.657. The van der Waals surface area contributed by atoms with E-state index >= 15 is 0 Å². The lowest BCUT2D eigenvalue weighted by Crippen LogP contribution is -2.49. The number of carbonyl (C=O) groups excluding carboxylic acids is 3. The molecule has 0 bridgehead atoms. The van der Waals surface area contributed by atoms with Gasteiger partial charge >= 0.3 is 6.09 Å². The SMILES string of the molecule is CCOC(=O)N1CCC(N2C(=O)C(Nc3cc(Cl)ccc3C)=C(c3ccccc3)C2=O)CC1. The van der Waals surface area contributed by atoms with Gasteiger partial charge in [0, 0.05) is 29.8 Å². The van der Waals surface area contributed by atoms with Crippen molar-refractivity contribution in [2.24, 2.45) is 0 Å². The number of benzene rings is 2. The zero-order valence-corrected chi connectivity index (χ0v) is 19.4. The van der Waals surface area contributed by atoms with E-state index in [0.29, 0.717) is 54.4 Å². The maximum atomic E-state index is 13.6. The molecule has 2 aromatic rings. The van der Waals surface area contributed by atoms with E-state index in [9.17, 15) is 14.4 Å².